The van der Waals surface area contributed by atoms with E-state index < -0.39 is 0 Å². The molecule has 0 unspecified atom stereocenters. The second-order valence-electron chi connectivity index (χ2n) is 6.29. The molecule has 1 aromatic carbocycles. The fourth-order valence-electron chi connectivity index (χ4n) is 3.09. The average molecular weight is 419 g/mol. The summed E-state index contributed by atoms with van der Waals surface area (Å²) in [5.74, 6) is 0.946. The highest BCUT2D eigenvalue weighted by Crippen LogP contribution is 2.35. The molecule has 0 amide bonds. The number of carbonyl (C=O) groups is 1. The Hall–Kier alpha value is -1.89. The third-order valence-electron chi connectivity index (χ3n) is 4.48. The second-order valence-corrected chi connectivity index (χ2v) is 8.28. The van der Waals surface area contributed by atoms with Gasteiger partial charge in [0, 0.05) is 24.4 Å². The minimum atomic E-state index is -0.0882. The Morgan fingerprint density at radius 2 is 1.85 bits per heavy atom. The van der Waals surface area contributed by atoms with Crippen molar-refractivity contribution < 1.29 is 4.79 Å². The molecular formula is C19H16Cl2N4OS. The number of nitrogens with zero attached hydrogens (tertiary/aromatic N) is 4. The molecule has 1 atom stereocenters. The molecule has 138 valence electrons. The summed E-state index contributed by atoms with van der Waals surface area (Å²) in [5.41, 5.74) is 1.68. The molecule has 8 heteroatoms. The highest BCUT2D eigenvalue weighted by Gasteiger charge is 2.27. The number of Topliss-reactive ketones (excluding diaryl/α,β-unsaturated/α-hetero) is 1. The lowest BCUT2D eigenvalue weighted by atomic mass is 9.99. The maximum absolute atomic E-state index is 12.3. The molecule has 1 aliphatic rings. The number of hydrogen-bond acceptors (Lipinski definition) is 5. The van der Waals surface area contributed by atoms with Crippen LogP contribution in [-0.2, 0) is 4.79 Å². The van der Waals surface area contributed by atoms with Crippen LogP contribution in [0.3, 0.4) is 0 Å². The zero-order valence-electron chi connectivity index (χ0n) is 14.3. The van der Waals surface area contributed by atoms with Crippen LogP contribution < -0.4 is 0 Å². The lowest BCUT2D eigenvalue weighted by Gasteiger charge is -2.20. The van der Waals surface area contributed by atoms with Gasteiger partial charge in [0.1, 0.15) is 5.78 Å². The van der Waals surface area contributed by atoms with E-state index in [1.54, 1.807) is 24.5 Å². The molecule has 0 spiro atoms. The molecular weight excluding hydrogens is 403 g/mol. The summed E-state index contributed by atoms with van der Waals surface area (Å²) < 4.78 is 1.92. The molecule has 27 heavy (non-hydrogen) atoms. The predicted octanol–water partition coefficient (Wildman–Crippen LogP) is 5.24. The number of rotatable bonds is 4. The van der Waals surface area contributed by atoms with Gasteiger partial charge in [0.15, 0.2) is 11.0 Å². The number of benzene rings is 1. The molecule has 0 bridgehead atoms. The van der Waals surface area contributed by atoms with Crippen LogP contribution in [0.15, 0.2) is 47.9 Å². The average Bonchev–Trinajstić information content (AvgIpc) is 3.10. The zero-order chi connectivity index (χ0) is 18.8. The smallest absolute Gasteiger partial charge is 0.196 e. The van der Waals surface area contributed by atoms with E-state index >= 15 is 0 Å². The first-order valence-electron chi connectivity index (χ1n) is 8.64. The second kappa shape index (κ2) is 8.00. The summed E-state index contributed by atoms with van der Waals surface area (Å²) in [6, 6.07) is 9.14. The largest absolute Gasteiger partial charge is 0.298 e. The standard InChI is InChI=1S/C19H16Cl2N4OS/c20-14-6-5-13(11-15(14)21)25-18(12-7-9-22-10-8-12)23-24-19(25)27-17-4-2-1-3-16(17)26/h5-11,17H,1-4H2/t17-/m0/s1. The first kappa shape index (κ1) is 18.5. The van der Waals surface area contributed by atoms with Gasteiger partial charge in [-0.3, -0.25) is 14.3 Å². The minimum Gasteiger partial charge on any atom is -0.298 e. The van der Waals surface area contributed by atoms with E-state index in [2.05, 4.69) is 15.2 Å². The number of thioether (sulfide) groups is 1. The fraction of sp³-hybridized carbons (Fsp3) is 0.263. The van der Waals surface area contributed by atoms with Crippen LogP contribution in [-0.4, -0.2) is 30.8 Å². The van der Waals surface area contributed by atoms with Crippen molar-refractivity contribution in [3.8, 4) is 17.1 Å². The SMILES string of the molecule is O=C1CCCC[C@@H]1Sc1nnc(-c2ccncc2)n1-c1ccc(Cl)c(Cl)c1. The van der Waals surface area contributed by atoms with Gasteiger partial charge in [-0.05, 0) is 43.2 Å². The molecule has 4 rings (SSSR count). The van der Waals surface area contributed by atoms with Gasteiger partial charge in [-0.2, -0.15) is 0 Å². The monoisotopic (exact) mass is 418 g/mol. The molecule has 0 N–H and O–H groups in total. The van der Waals surface area contributed by atoms with Crippen LogP contribution in [0.5, 0.6) is 0 Å². The van der Waals surface area contributed by atoms with Gasteiger partial charge in [-0.25, -0.2) is 0 Å². The Morgan fingerprint density at radius 3 is 2.59 bits per heavy atom. The quantitative estimate of drug-likeness (QED) is 0.579. The number of ketones is 1. The molecule has 0 radical (unpaired) electrons. The van der Waals surface area contributed by atoms with Crippen molar-refractivity contribution in [1.82, 2.24) is 19.7 Å². The number of pyridine rings is 1. The van der Waals surface area contributed by atoms with Crippen LogP contribution in [0.1, 0.15) is 25.7 Å². The highest BCUT2D eigenvalue weighted by molar-refractivity contribution is 8.00. The Kier molecular flexibility index (Phi) is 5.48. The van der Waals surface area contributed by atoms with Crippen molar-refractivity contribution in [2.24, 2.45) is 0 Å². The third kappa shape index (κ3) is 3.88. The Morgan fingerprint density at radius 1 is 1.04 bits per heavy atom. The number of hydrogen-bond donors (Lipinski definition) is 0. The molecule has 2 aromatic heterocycles. The lowest BCUT2D eigenvalue weighted by molar-refractivity contribution is -0.119. The molecule has 0 aliphatic heterocycles. The zero-order valence-corrected chi connectivity index (χ0v) is 16.6. The first-order valence-corrected chi connectivity index (χ1v) is 10.3. The van der Waals surface area contributed by atoms with Crippen LogP contribution in [0, 0.1) is 0 Å². The van der Waals surface area contributed by atoms with Gasteiger partial charge in [-0.1, -0.05) is 41.4 Å². The van der Waals surface area contributed by atoms with Crippen molar-refractivity contribution in [2.45, 2.75) is 36.1 Å². The van der Waals surface area contributed by atoms with Crippen molar-refractivity contribution in [3.05, 3.63) is 52.8 Å². The van der Waals surface area contributed by atoms with Crippen molar-refractivity contribution in [3.63, 3.8) is 0 Å². The summed E-state index contributed by atoms with van der Waals surface area (Å²) in [4.78, 5) is 16.4. The van der Waals surface area contributed by atoms with Gasteiger partial charge in [-0.15, -0.1) is 10.2 Å². The lowest BCUT2D eigenvalue weighted by Crippen LogP contribution is -2.21. The number of carbonyl (C=O) groups excluding carboxylic acids is 1. The third-order valence-corrected chi connectivity index (χ3v) is 6.48. The maximum Gasteiger partial charge on any atom is 0.196 e. The summed E-state index contributed by atoms with van der Waals surface area (Å²) >= 11 is 13.8. The Labute approximate surface area is 171 Å². The van der Waals surface area contributed by atoms with Crippen LogP contribution >= 0.6 is 35.0 Å². The van der Waals surface area contributed by atoms with Gasteiger partial charge < -0.3 is 0 Å². The van der Waals surface area contributed by atoms with Crippen molar-refractivity contribution >= 4 is 40.7 Å². The Balaban J connectivity index is 1.80. The van der Waals surface area contributed by atoms with Gasteiger partial charge in [0.2, 0.25) is 0 Å². The van der Waals surface area contributed by atoms with E-state index in [4.69, 9.17) is 23.2 Å². The molecule has 1 aliphatic carbocycles. The van der Waals surface area contributed by atoms with E-state index in [1.165, 1.54) is 11.8 Å². The molecule has 0 saturated heterocycles. The fourth-order valence-corrected chi connectivity index (χ4v) is 4.56. The van der Waals surface area contributed by atoms with Gasteiger partial charge in [0.25, 0.3) is 0 Å². The van der Waals surface area contributed by atoms with Crippen molar-refractivity contribution in [2.75, 3.05) is 0 Å². The van der Waals surface area contributed by atoms with Crippen LogP contribution in [0.4, 0.5) is 0 Å². The maximum atomic E-state index is 12.3. The van der Waals surface area contributed by atoms with E-state index in [1.807, 2.05) is 22.8 Å². The summed E-state index contributed by atoms with van der Waals surface area (Å²) in [7, 11) is 0. The molecule has 2 heterocycles. The van der Waals surface area contributed by atoms with E-state index in [-0.39, 0.29) is 11.0 Å². The summed E-state index contributed by atoms with van der Waals surface area (Å²) in [5, 5.41) is 10.3. The molecule has 1 saturated carbocycles. The minimum absolute atomic E-state index is 0.0882. The van der Waals surface area contributed by atoms with Crippen LogP contribution in [0.25, 0.3) is 17.1 Å². The normalized spacial score (nSPS) is 17.3. The highest BCUT2D eigenvalue weighted by atomic mass is 35.5. The summed E-state index contributed by atoms with van der Waals surface area (Å²) in [6.07, 6.45) is 6.94. The summed E-state index contributed by atoms with van der Waals surface area (Å²) in [6.45, 7) is 0. The van der Waals surface area contributed by atoms with Crippen LogP contribution in [0.2, 0.25) is 10.0 Å². The van der Waals surface area contributed by atoms with E-state index in [0.29, 0.717) is 27.4 Å². The van der Waals surface area contributed by atoms with E-state index in [9.17, 15) is 4.79 Å². The molecule has 3 aromatic rings. The molecule has 1 fully saturated rings. The van der Waals surface area contributed by atoms with E-state index in [0.717, 1.165) is 30.5 Å². The Bertz CT molecular complexity index is 977. The first-order chi connectivity index (χ1) is 13.1. The van der Waals surface area contributed by atoms with Gasteiger partial charge >= 0.3 is 0 Å². The topological polar surface area (TPSA) is 60.7 Å². The number of aromatic nitrogens is 4. The predicted molar refractivity (Wildman–Crippen MR) is 108 cm³/mol. The molecule has 5 nitrogen and oxygen atoms in total. The van der Waals surface area contributed by atoms with Gasteiger partial charge in [0.05, 0.1) is 21.0 Å². The van der Waals surface area contributed by atoms with Crippen molar-refractivity contribution in [1.29, 1.82) is 0 Å². The number of halogens is 2.